The fraction of sp³-hybridized carbons (Fsp3) is 0.421. The Bertz CT molecular complexity index is 927. The number of amides is 1. The maximum Gasteiger partial charge on any atom is 0.225 e. The minimum absolute atomic E-state index is 0.0193. The minimum atomic E-state index is 0.0193. The number of rotatable bonds is 2. The number of nitrogens with one attached hydrogen (secondary N) is 2. The molecule has 0 atom stereocenters. The van der Waals surface area contributed by atoms with Gasteiger partial charge in [0.25, 0.3) is 0 Å². The molecule has 0 unspecified atom stereocenters. The first-order valence-electron chi connectivity index (χ1n) is 8.76. The Morgan fingerprint density at radius 1 is 1.24 bits per heavy atom. The smallest absolute Gasteiger partial charge is 0.225 e. The molecule has 0 bridgehead atoms. The van der Waals surface area contributed by atoms with Gasteiger partial charge in [0, 0.05) is 18.0 Å². The summed E-state index contributed by atoms with van der Waals surface area (Å²) in [5.74, 6) is 1.00. The molecule has 0 saturated carbocycles. The first-order chi connectivity index (χ1) is 11.9. The Kier molecular flexibility index (Phi) is 3.63. The minimum Gasteiger partial charge on any atom is -0.337 e. The molecule has 4 rings (SSSR count). The predicted octanol–water partition coefficient (Wildman–Crippen LogP) is 3.11. The Labute approximate surface area is 146 Å². The number of nitrogens with zero attached hydrogens (tertiary/aromatic N) is 3. The van der Waals surface area contributed by atoms with Crippen LogP contribution >= 0.6 is 0 Å². The van der Waals surface area contributed by atoms with Crippen LogP contribution in [0, 0.1) is 19.8 Å². The van der Waals surface area contributed by atoms with Crippen LogP contribution in [0.25, 0.3) is 22.6 Å². The van der Waals surface area contributed by atoms with Crippen LogP contribution in [0.3, 0.4) is 0 Å². The summed E-state index contributed by atoms with van der Waals surface area (Å²) in [7, 11) is 0. The normalized spacial score (nSPS) is 14.4. The van der Waals surface area contributed by atoms with E-state index < -0.39 is 0 Å². The van der Waals surface area contributed by atoms with Crippen molar-refractivity contribution in [3.8, 4) is 11.5 Å². The Morgan fingerprint density at radius 2 is 2.00 bits per heavy atom. The molecular weight excluding hydrogens is 314 g/mol. The Balaban J connectivity index is 1.69. The van der Waals surface area contributed by atoms with Gasteiger partial charge in [-0.3, -0.25) is 9.89 Å². The van der Waals surface area contributed by atoms with Gasteiger partial charge in [0.1, 0.15) is 5.69 Å². The number of H-pyrrole nitrogens is 2. The van der Waals surface area contributed by atoms with Crippen molar-refractivity contribution in [2.24, 2.45) is 5.92 Å². The number of aromatic amines is 2. The first kappa shape index (κ1) is 15.9. The lowest BCUT2D eigenvalue weighted by Gasteiger charge is -2.28. The highest BCUT2D eigenvalue weighted by Gasteiger charge is 2.27. The van der Waals surface area contributed by atoms with E-state index in [0.29, 0.717) is 6.54 Å². The standard InChI is InChI=1S/C19H23N5O/c1-10(2)19(25)24-6-5-13-16(9-24)22-23-17(13)18-20-14-7-11(3)12(4)8-15(14)21-18/h7-8,10H,5-6,9H2,1-4H3,(H,20,21)(H,22,23). The van der Waals surface area contributed by atoms with Crippen molar-refractivity contribution in [3.05, 3.63) is 34.5 Å². The molecule has 25 heavy (non-hydrogen) atoms. The van der Waals surface area contributed by atoms with E-state index in [1.807, 2.05) is 18.7 Å². The summed E-state index contributed by atoms with van der Waals surface area (Å²) in [4.78, 5) is 22.3. The highest BCUT2D eigenvalue weighted by Crippen LogP contribution is 2.29. The van der Waals surface area contributed by atoms with Crippen LogP contribution < -0.4 is 0 Å². The molecule has 1 aromatic carbocycles. The zero-order valence-corrected chi connectivity index (χ0v) is 15.1. The van der Waals surface area contributed by atoms with E-state index in [9.17, 15) is 4.79 Å². The van der Waals surface area contributed by atoms with Crippen molar-refractivity contribution in [2.75, 3.05) is 6.54 Å². The second kappa shape index (κ2) is 5.72. The summed E-state index contributed by atoms with van der Waals surface area (Å²) >= 11 is 0. The van der Waals surface area contributed by atoms with E-state index >= 15 is 0 Å². The lowest BCUT2D eigenvalue weighted by Crippen LogP contribution is -2.38. The van der Waals surface area contributed by atoms with Gasteiger partial charge in [-0.1, -0.05) is 13.8 Å². The molecule has 0 radical (unpaired) electrons. The van der Waals surface area contributed by atoms with Crippen LogP contribution in [0.4, 0.5) is 0 Å². The molecule has 6 nitrogen and oxygen atoms in total. The molecule has 1 aliphatic rings. The molecule has 0 saturated heterocycles. The molecule has 0 fully saturated rings. The number of hydrogen-bond acceptors (Lipinski definition) is 3. The van der Waals surface area contributed by atoms with Gasteiger partial charge in [0.2, 0.25) is 5.91 Å². The number of fused-ring (bicyclic) bond motifs is 2. The van der Waals surface area contributed by atoms with E-state index in [4.69, 9.17) is 4.98 Å². The van der Waals surface area contributed by atoms with Crippen molar-refractivity contribution < 1.29 is 4.79 Å². The molecule has 2 aromatic heterocycles. The summed E-state index contributed by atoms with van der Waals surface area (Å²) in [5, 5.41) is 7.60. The van der Waals surface area contributed by atoms with Crippen LogP contribution in [0.1, 0.15) is 36.2 Å². The molecule has 0 spiro atoms. The summed E-state index contributed by atoms with van der Waals surface area (Å²) < 4.78 is 0. The summed E-state index contributed by atoms with van der Waals surface area (Å²) in [6, 6.07) is 4.23. The maximum absolute atomic E-state index is 12.2. The summed E-state index contributed by atoms with van der Waals surface area (Å²) in [6.07, 6.45) is 0.800. The quantitative estimate of drug-likeness (QED) is 0.754. The fourth-order valence-electron chi connectivity index (χ4n) is 3.45. The number of aromatic nitrogens is 4. The van der Waals surface area contributed by atoms with E-state index in [1.54, 1.807) is 0 Å². The van der Waals surface area contributed by atoms with Crippen LogP contribution in [0.15, 0.2) is 12.1 Å². The van der Waals surface area contributed by atoms with Gasteiger partial charge in [0.05, 0.1) is 23.3 Å². The molecule has 6 heteroatoms. The average Bonchev–Trinajstić information content (AvgIpc) is 3.17. The predicted molar refractivity (Wildman–Crippen MR) is 97.1 cm³/mol. The van der Waals surface area contributed by atoms with Crippen LogP contribution in [0.5, 0.6) is 0 Å². The number of aryl methyl sites for hydroxylation is 2. The lowest BCUT2D eigenvalue weighted by molar-refractivity contribution is -0.135. The van der Waals surface area contributed by atoms with Gasteiger partial charge >= 0.3 is 0 Å². The second-order valence-electron chi connectivity index (χ2n) is 7.23. The van der Waals surface area contributed by atoms with E-state index in [-0.39, 0.29) is 11.8 Å². The van der Waals surface area contributed by atoms with E-state index in [0.717, 1.165) is 41.2 Å². The Hall–Kier alpha value is -2.63. The van der Waals surface area contributed by atoms with Gasteiger partial charge in [0.15, 0.2) is 5.82 Å². The summed E-state index contributed by atoms with van der Waals surface area (Å²) in [6.45, 7) is 9.40. The van der Waals surface area contributed by atoms with E-state index in [1.165, 1.54) is 16.7 Å². The fourth-order valence-corrected chi connectivity index (χ4v) is 3.45. The van der Waals surface area contributed by atoms with Crippen molar-refractivity contribution in [1.82, 2.24) is 25.1 Å². The number of imidazole rings is 1. The monoisotopic (exact) mass is 337 g/mol. The highest BCUT2D eigenvalue weighted by molar-refractivity contribution is 5.81. The third-order valence-corrected chi connectivity index (χ3v) is 5.06. The molecule has 3 heterocycles. The zero-order chi connectivity index (χ0) is 17.7. The zero-order valence-electron chi connectivity index (χ0n) is 15.1. The lowest BCUT2D eigenvalue weighted by atomic mass is 10.0. The van der Waals surface area contributed by atoms with Gasteiger partial charge in [-0.15, -0.1) is 0 Å². The number of hydrogen-bond donors (Lipinski definition) is 2. The number of benzene rings is 1. The SMILES string of the molecule is Cc1cc2nc(-c3n[nH]c4c3CCN(C(=O)C(C)C)C4)[nH]c2cc1C. The number of carbonyl (C=O) groups is 1. The molecule has 1 amide bonds. The van der Waals surface area contributed by atoms with Crippen LogP contribution in [-0.4, -0.2) is 37.5 Å². The van der Waals surface area contributed by atoms with Crippen LogP contribution in [-0.2, 0) is 17.8 Å². The molecule has 130 valence electrons. The van der Waals surface area contributed by atoms with Crippen molar-refractivity contribution >= 4 is 16.9 Å². The van der Waals surface area contributed by atoms with Gasteiger partial charge in [-0.25, -0.2) is 4.98 Å². The largest absolute Gasteiger partial charge is 0.337 e. The highest BCUT2D eigenvalue weighted by atomic mass is 16.2. The molecular formula is C19H23N5O. The second-order valence-corrected chi connectivity index (χ2v) is 7.23. The van der Waals surface area contributed by atoms with Gasteiger partial charge in [-0.2, -0.15) is 5.10 Å². The molecule has 2 N–H and O–H groups in total. The Morgan fingerprint density at radius 3 is 2.76 bits per heavy atom. The van der Waals surface area contributed by atoms with Crippen molar-refractivity contribution in [3.63, 3.8) is 0 Å². The van der Waals surface area contributed by atoms with Crippen molar-refractivity contribution in [2.45, 2.75) is 40.7 Å². The average molecular weight is 337 g/mol. The molecule has 0 aliphatic carbocycles. The molecule has 3 aromatic rings. The molecule has 1 aliphatic heterocycles. The first-order valence-corrected chi connectivity index (χ1v) is 8.76. The van der Waals surface area contributed by atoms with E-state index in [2.05, 4.69) is 41.2 Å². The topological polar surface area (TPSA) is 77.7 Å². The maximum atomic E-state index is 12.2. The van der Waals surface area contributed by atoms with Crippen LogP contribution in [0.2, 0.25) is 0 Å². The van der Waals surface area contributed by atoms with Gasteiger partial charge < -0.3 is 9.88 Å². The summed E-state index contributed by atoms with van der Waals surface area (Å²) in [5.41, 5.74) is 7.53. The van der Waals surface area contributed by atoms with Gasteiger partial charge in [-0.05, 0) is 43.5 Å². The third-order valence-electron chi connectivity index (χ3n) is 5.06. The third kappa shape index (κ3) is 2.62. The number of carbonyl (C=O) groups excluding carboxylic acids is 1. The van der Waals surface area contributed by atoms with Crippen molar-refractivity contribution in [1.29, 1.82) is 0 Å².